The molecule has 1 atom stereocenters. The van der Waals surface area contributed by atoms with Gasteiger partial charge in [0, 0.05) is 17.0 Å². The molecule has 1 amide bonds. The molecule has 7 heteroatoms. The van der Waals surface area contributed by atoms with Crippen LogP contribution in [0.25, 0.3) is 11.3 Å². The molecule has 0 aliphatic heterocycles. The van der Waals surface area contributed by atoms with Crippen LogP contribution < -0.4 is 5.32 Å². The van der Waals surface area contributed by atoms with Crippen LogP contribution in [-0.2, 0) is 17.0 Å². The fourth-order valence-electron chi connectivity index (χ4n) is 2.80. The summed E-state index contributed by atoms with van der Waals surface area (Å²) in [4.78, 5) is 12.4. The summed E-state index contributed by atoms with van der Waals surface area (Å²) in [7, 11) is 0. The van der Waals surface area contributed by atoms with Gasteiger partial charge < -0.3 is 9.26 Å². The van der Waals surface area contributed by atoms with Gasteiger partial charge in [-0.2, -0.15) is 0 Å². The third kappa shape index (κ3) is 4.34. The number of aryl methyl sites for hydroxylation is 1. The van der Waals surface area contributed by atoms with Crippen LogP contribution in [0.1, 0.15) is 36.8 Å². The van der Waals surface area contributed by atoms with Crippen molar-refractivity contribution in [2.24, 2.45) is 0 Å². The molecule has 0 saturated carbocycles. The molecule has 0 radical (unpaired) electrons. The van der Waals surface area contributed by atoms with Gasteiger partial charge in [0.1, 0.15) is 23.3 Å². The average molecular weight is 403 g/mol. The summed E-state index contributed by atoms with van der Waals surface area (Å²) in [5, 5.41) is 6.72. The van der Waals surface area contributed by atoms with Gasteiger partial charge in [0.05, 0.1) is 0 Å². The van der Waals surface area contributed by atoms with Crippen LogP contribution in [0.3, 0.4) is 0 Å². The Morgan fingerprint density at radius 2 is 1.96 bits per heavy atom. The van der Waals surface area contributed by atoms with Crippen LogP contribution in [0.15, 0.2) is 53.1 Å². The lowest BCUT2D eigenvalue weighted by molar-refractivity contribution is 0.119. The molecular formula is C21H20ClFN2O3. The molecule has 0 saturated heterocycles. The van der Waals surface area contributed by atoms with E-state index in [1.54, 1.807) is 25.1 Å². The second-order valence-corrected chi connectivity index (χ2v) is 6.48. The lowest BCUT2D eigenvalue weighted by atomic mass is 10.1. The molecule has 1 unspecified atom stereocenters. The highest BCUT2D eigenvalue weighted by atomic mass is 35.5. The molecule has 3 aromatic rings. The summed E-state index contributed by atoms with van der Waals surface area (Å²) >= 11 is 5.83. The highest BCUT2D eigenvalue weighted by Gasteiger charge is 2.21. The number of benzene rings is 2. The summed E-state index contributed by atoms with van der Waals surface area (Å²) in [6.45, 7) is 3.51. The van der Waals surface area contributed by atoms with E-state index in [2.05, 4.69) is 10.5 Å². The van der Waals surface area contributed by atoms with Gasteiger partial charge in [0.2, 0.25) is 0 Å². The summed E-state index contributed by atoms with van der Waals surface area (Å²) in [5.74, 6) is 0.401. The third-order valence-corrected chi connectivity index (χ3v) is 4.63. The Morgan fingerprint density at radius 3 is 2.61 bits per heavy atom. The van der Waals surface area contributed by atoms with Crippen molar-refractivity contribution in [1.29, 1.82) is 0 Å². The zero-order valence-corrected chi connectivity index (χ0v) is 16.3. The van der Waals surface area contributed by atoms with Gasteiger partial charge >= 0.3 is 6.09 Å². The van der Waals surface area contributed by atoms with Crippen molar-refractivity contribution in [3.8, 4) is 11.3 Å². The van der Waals surface area contributed by atoms with Gasteiger partial charge in [0.15, 0.2) is 5.76 Å². The first-order valence-electron chi connectivity index (χ1n) is 8.89. The maximum atomic E-state index is 13.9. The van der Waals surface area contributed by atoms with Crippen molar-refractivity contribution in [3.63, 3.8) is 0 Å². The van der Waals surface area contributed by atoms with Crippen LogP contribution in [-0.4, -0.2) is 11.2 Å². The maximum Gasteiger partial charge on any atom is 0.412 e. The molecule has 0 fully saturated rings. The number of hydrogen-bond acceptors (Lipinski definition) is 4. The van der Waals surface area contributed by atoms with Gasteiger partial charge in [-0.3, -0.25) is 5.32 Å². The number of aromatic nitrogens is 1. The van der Waals surface area contributed by atoms with E-state index < -0.39 is 18.0 Å². The molecule has 146 valence electrons. The number of anilines is 1. The molecular weight excluding hydrogens is 383 g/mol. The smallest absolute Gasteiger partial charge is 0.412 e. The van der Waals surface area contributed by atoms with E-state index in [0.717, 1.165) is 11.1 Å². The first-order chi connectivity index (χ1) is 13.5. The topological polar surface area (TPSA) is 64.4 Å². The molecule has 0 bridgehead atoms. The highest BCUT2D eigenvalue weighted by Crippen LogP contribution is 2.32. The Kier molecular flexibility index (Phi) is 6.31. The van der Waals surface area contributed by atoms with Crippen molar-refractivity contribution in [2.75, 3.05) is 5.32 Å². The highest BCUT2D eigenvalue weighted by molar-refractivity contribution is 6.17. The fourth-order valence-corrected chi connectivity index (χ4v) is 2.97. The number of halogens is 2. The quantitative estimate of drug-likeness (QED) is 0.506. The Morgan fingerprint density at radius 1 is 1.25 bits per heavy atom. The number of carbonyl (C=O) groups excluding carboxylic acids is 1. The Labute approximate surface area is 167 Å². The Balaban J connectivity index is 1.80. The summed E-state index contributed by atoms with van der Waals surface area (Å²) in [5.41, 5.74) is 3.04. The van der Waals surface area contributed by atoms with Gasteiger partial charge in [-0.25, -0.2) is 9.18 Å². The zero-order chi connectivity index (χ0) is 20.1. The minimum absolute atomic E-state index is 0.301. The molecule has 3 rings (SSSR count). The minimum Gasteiger partial charge on any atom is -0.441 e. The van der Waals surface area contributed by atoms with Gasteiger partial charge in [-0.15, -0.1) is 11.6 Å². The third-order valence-electron chi connectivity index (χ3n) is 4.32. The predicted octanol–water partition coefficient (Wildman–Crippen LogP) is 6.09. The number of rotatable bonds is 6. The largest absolute Gasteiger partial charge is 0.441 e. The van der Waals surface area contributed by atoms with E-state index in [9.17, 15) is 9.18 Å². The van der Waals surface area contributed by atoms with E-state index in [1.165, 1.54) is 6.07 Å². The first kappa shape index (κ1) is 19.9. The molecule has 0 spiro atoms. The molecule has 0 aliphatic rings. The number of carbonyl (C=O) groups is 1. The summed E-state index contributed by atoms with van der Waals surface area (Å²) < 4.78 is 24.7. The van der Waals surface area contributed by atoms with Gasteiger partial charge in [-0.05, 0) is 25.0 Å². The number of amides is 1. The van der Waals surface area contributed by atoms with E-state index >= 15 is 0 Å². The molecule has 1 aromatic heterocycles. The van der Waals surface area contributed by atoms with E-state index in [-0.39, 0.29) is 0 Å². The lowest BCUT2D eigenvalue weighted by Crippen LogP contribution is -2.17. The molecule has 5 nitrogen and oxygen atoms in total. The summed E-state index contributed by atoms with van der Waals surface area (Å²) in [6, 6.07) is 13.6. The first-order valence-corrected chi connectivity index (χ1v) is 9.42. The molecule has 1 N–H and O–H groups in total. The van der Waals surface area contributed by atoms with E-state index in [4.69, 9.17) is 20.9 Å². The van der Waals surface area contributed by atoms with Crippen LogP contribution >= 0.6 is 11.6 Å². The number of hydrogen-bond donors (Lipinski definition) is 1. The number of ether oxygens (including phenoxy) is 1. The van der Waals surface area contributed by atoms with E-state index in [0.29, 0.717) is 35.0 Å². The van der Waals surface area contributed by atoms with Crippen molar-refractivity contribution >= 4 is 23.4 Å². The minimum atomic E-state index is -0.752. The number of nitrogens with one attached hydrogen (secondary N) is 1. The van der Waals surface area contributed by atoms with Gasteiger partial charge in [-0.1, -0.05) is 54.5 Å². The Hall–Kier alpha value is -2.86. The monoisotopic (exact) mass is 402 g/mol. The van der Waals surface area contributed by atoms with Crippen molar-refractivity contribution < 1.29 is 18.4 Å². The van der Waals surface area contributed by atoms with Crippen molar-refractivity contribution in [3.05, 3.63) is 71.2 Å². The fraction of sp³-hybridized carbons (Fsp3) is 0.238. The zero-order valence-electron chi connectivity index (χ0n) is 15.5. The van der Waals surface area contributed by atoms with Gasteiger partial charge in [0.25, 0.3) is 0 Å². The number of nitrogens with zero attached hydrogens (tertiary/aromatic N) is 1. The molecule has 2 aromatic carbocycles. The van der Waals surface area contributed by atoms with Crippen LogP contribution in [0.4, 0.5) is 14.9 Å². The normalized spacial score (nSPS) is 11.9. The second kappa shape index (κ2) is 8.89. The summed E-state index contributed by atoms with van der Waals surface area (Å²) in [6.07, 6.45) is -0.910. The molecule has 0 aliphatic carbocycles. The maximum absolute atomic E-state index is 13.9. The molecule has 1 heterocycles. The van der Waals surface area contributed by atoms with Crippen LogP contribution in [0.5, 0.6) is 0 Å². The lowest BCUT2D eigenvalue weighted by Gasteiger charge is -2.15. The number of alkyl halides is 1. The van der Waals surface area contributed by atoms with Crippen LogP contribution in [0, 0.1) is 5.82 Å². The SMILES string of the molecule is CCc1noc(-c2ccc(CCl)cc2)c1NC(=O)OC(C)c1ccccc1F. The predicted molar refractivity (Wildman–Crippen MR) is 106 cm³/mol. The van der Waals surface area contributed by atoms with Crippen molar-refractivity contribution in [2.45, 2.75) is 32.3 Å². The van der Waals surface area contributed by atoms with Crippen LogP contribution in [0.2, 0.25) is 0 Å². The standard InChI is InChI=1S/C21H20ClFN2O3/c1-3-18-19(20(28-25-18)15-10-8-14(12-22)9-11-15)24-21(26)27-13(2)16-6-4-5-7-17(16)23/h4-11,13H,3,12H2,1-2H3,(H,24,26). The Bertz CT molecular complexity index is 957. The van der Waals surface area contributed by atoms with Crippen molar-refractivity contribution in [1.82, 2.24) is 5.16 Å². The second-order valence-electron chi connectivity index (χ2n) is 6.21. The van der Waals surface area contributed by atoms with E-state index in [1.807, 2.05) is 31.2 Å². The molecule has 28 heavy (non-hydrogen) atoms. The average Bonchev–Trinajstić information content (AvgIpc) is 3.10.